The van der Waals surface area contributed by atoms with Gasteiger partial charge in [-0.2, -0.15) is 4.98 Å². The van der Waals surface area contributed by atoms with Crippen LogP contribution in [0.5, 0.6) is 0 Å². The van der Waals surface area contributed by atoms with Gasteiger partial charge in [0.25, 0.3) is 0 Å². The summed E-state index contributed by atoms with van der Waals surface area (Å²) in [6.07, 6.45) is 3.68. The number of likely N-dealkylation sites (tertiary alicyclic amines) is 1. The van der Waals surface area contributed by atoms with Gasteiger partial charge in [0.1, 0.15) is 6.04 Å². The molecule has 1 fully saturated rings. The minimum atomic E-state index is -0.912. The fourth-order valence-corrected chi connectivity index (χ4v) is 2.68. The van der Waals surface area contributed by atoms with E-state index in [1.807, 2.05) is 20.8 Å². The smallest absolute Gasteiger partial charge is 0.326 e. The fourth-order valence-electron chi connectivity index (χ4n) is 2.68. The number of carbonyl (C=O) groups excluding carboxylic acids is 1. The number of aromatic nitrogens is 2. The van der Waals surface area contributed by atoms with Gasteiger partial charge in [-0.3, -0.25) is 4.79 Å². The number of hydrogen-bond donors (Lipinski definition) is 1. The topological polar surface area (TPSA) is 96.5 Å². The molecule has 1 atom stereocenters. The van der Waals surface area contributed by atoms with Crippen LogP contribution < -0.4 is 0 Å². The average molecular weight is 323 g/mol. The molecule has 1 amide bonds. The third-order valence-electron chi connectivity index (χ3n) is 4.03. The highest BCUT2D eigenvalue weighted by Crippen LogP contribution is 2.20. The maximum Gasteiger partial charge on any atom is 0.326 e. The molecule has 0 radical (unpaired) electrons. The van der Waals surface area contributed by atoms with Gasteiger partial charge in [-0.25, -0.2) is 4.79 Å². The molecule has 128 valence electrons. The summed E-state index contributed by atoms with van der Waals surface area (Å²) < 4.78 is 5.20. The summed E-state index contributed by atoms with van der Waals surface area (Å²) in [5, 5.41) is 13.2. The van der Waals surface area contributed by atoms with Gasteiger partial charge in [-0.1, -0.05) is 25.9 Å². The van der Waals surface area contributed by atoms with Crippen LogP contribution in [0.3, 0.4) is 0 Å². The number of carbonyl (C=O) groups is 2. The Labute approximate surface area is 136 Å². The van der Waals surface area contributed by atoms with Crippen molar-refractivity contribution in [2.75, 3.05) is 6.54 Å². The van der Waals surface area contributed by atoms with Gasteiger partial charge in [-0.05, 0) is 25.7 Å². The molecule has 0 aliphatic carbocycles. The molecule has 7 heteroatoms. The lowest BCUT2D eigenvalue weighted by Gasteiger charge is -2.33. The molecular formula is C16H25N3O4. The van der Waals surface area contributed by atoms with E-state index in [-0.39, 0.29) is 11.3 Å². The van der Waals surface area contributed by atoms with Gasteiger partial charge in [0.2, 0.25) is 11.8 Å². The third kappa shape index (κ3) is 4.53. The molecule has 1 aromatic rings. The Hall–Kier alpha value is -1.92. The van der Waals surface area contributed by atoms with Crippen molar-refractivity contribution in [3.63, 3.8) is 0 Å². The molecule has 0 spiro atoms. The molecule has 0 aromatic carbocycles. The summed E-state index contributed by atoms with van der Waals surface area (Å²) in [5.74, 6) is 0.161. The fraction of sp³-hybridized carbons (Fsp3) is 0.750. The first-order valence-electron chi connectivity index (χ1n) is 8.14. The lowest BCUT2D eigenvalue weighted by molar-refractivity contribution is -0.152. The highest BCUT2D eigenvalue weighted by molar-refractivity contribution is 5.83. The second-order valence-corrected chi connectivity index (χ2v) is 7.05. The van der Waals surface area contributed by atoms with E-state index in [1.165, 1.54) is 4.90 Å². The predicted octanol–water partition coefficient (Wildman–Crippen LogP) is 2.16. The zero-order valence-corrected chi connectivity index (χ0v) is 14.0. The van der Waals surface area contributed by atoms with Crippen molar-refractivity contribution in [2.24, 2.45) is 0 Å². The van der Waals surface area contributed by atoms with Gasteiger partial charge in [0.15, 0.2) is 5.82 Å². The zero-order valence-electron chi connectivity index (χ0n) is 14.0. The number of piperidine rings is 1. The van der Waals surface area contributed by atoms with Crippen LogP contribution in [-0.4, -0.2) is 44.6 Å². The summed E-state index contributed by atoms with van der Waals surface area (Å²) >= 11 is 0. The number of aryl methyl sites for hydroxylation is 1. The second-order valence-electron chi connectivity index (χ2n) is 7.05. The molecule has 2 heterocycles. The van der Waals surface area contributed by atoms with E-state index >= 15 is 0 Å². The monoisotopic (exact) mass is 323 g/mol. The normalized spacial score (nSPS) is 18.9. The Morgan fingerprint density at radius 1 is 1.35 bits per heavy atom. The molecule has 1 N–H and O–H groups in total. The van der Waals surface area contributed by atoms with Crippen LogP contribution >= 0.6 is 0 Å². The number of hydrogen-bond acceptors (Lipinski definition) is 5. The second kappa shape index (κ2) is 7.10. The van der Waals surface area contributed by atoms with Crippen LogP contribution in [0.4, 0.5) is 0 Å². The van der Waals surface area contributed by atoms with Gasteiger partial charge >= 0.3 is 5.97 Å². The number of nitrogens with zero attached hydrogens (tertiary/aromatic N) is 3. The highest BCUT2D eigenvalue weighted by Gasteiger charge is 2.31. The lowest BCUT2D eigenvalue weighted by atomic mass is 9.96. The van der Waals surface area contributed by atoms with Crippen LogP contribution in [0, 0.1) is 0 Å². The number of amides is 1. The lowest BCUT2D eigenvalue weighted by Crippen LogP contribution is -2.47. The minimum Gasteiger partial charge on any atom is -0.480 e. The van der Waals surface area contributed by atoms with Crippen molar-refractivity contribution in [3.8, 4) is 0 Å². The third-order valence-corrected chi connectivity index (χ3v) is 4.03. The summed E-state index contributed by atoms with van der Waals surface area (Å²) in [6.45, 7) is 6.55. The first-order chi connectivity index (χ1) is 10.8. The molecule has 2 rings (SSSR count). The maximum absolute atomic E-state index is 12.3. The molecule has 23 heavy (non-hydrogen) atoms. The maximum atomic E-state index is 12.3. The molecule has 1 aromatic heterocycles. The molecule has 0 bridgehead atoms. The van der Waals surface area contributed by atoms with E-state index < -0.39 is 12.0 Å². The quantitative estimate of drug-likeness (QED) is 0.892. The standard InChI is InChI=1S/C16H25N3O4/c1-16(2,3)15-17-12(23-18-15)8-6-9-13(20)19-10-5-4-7-11(19)14(21)22/h11H,4-10H2,1-3H3,(H,21,22). The SMILES string of the molecule is CC(C)(C)c1noc(CCCC(=O)N2CCCCC2C(=O)O)n1. The summed E-state index contributed by atoms with van der Waals surface area (Å²) in [5.41, 5.74) is -0.167. The molecule has 1 unspecified atom stereocenters. The Kier molecular flexibility index (Phi) is 5.38. The Balaban J connectivity index is 1.84. The van der Waals surface area contributed by atoms with Gasteiger partial charge in [-0.15, -0.1) is 0 Å². The van der Waals surface area contributed by atoms with Gasteiger partial charge < -0.3 is 14.5 Å². The molecule has 1 saturated heterocycles. The van der Waals surface area contributed by atoms with Crippen molar-refractivity contribution >= 4 is 11.9 Å². The van der Waals surface area contributed by atoms with Crippen LogP contribution in [0.15, 0.2) is 4.52 Å². The Morgan fingerprint density at radius 2 is 2.09 bits per heavy atom. The number of rotatable bonds is 5. The summed E-state index contributed by atoms with van der Waals surface area (Å²) in [6, 6.07) is -0.674. The molecular weight excluding hydrogens is 298 g/mol. The first-order valence-corrected chi connectivity index (χ1v) is 8.14. The largest absolute Gasteiger partial charge is 0.480 e. The first kappa shape index (κ1) is 17.4. The van der Waals surface area contributed by atoms with Crippen molar-refractivity contribution in [1.29, 1.82) is 0 Å². The molecule has 1 aliphatic rings. The van der Waals surface area contributed by atoms with Crippen LogP contribution in [0.2, 0.25) is 0 Å². The van der Waals surface area contributed by atoms with E-state index in [4.69, 9.17) is 4.52 Å². The Bertz CT molecular complexity index is 562. The minimum absolute atomic E-state index is 0.104. The molecule has 7 nitrogen and oxygen atoms in total. The van der Waals surface area contributed by atoms with Crippen LogP contribution in [0.25, 0.3) is 0 Å². The van der Waals surface area contributed by atoms with Crippen molar-refractivity contribution < 1.29 is 19.2 Å². The highest BCUT2D eigenvalue weighted by atomic mass is 16.5. The van der Waals surface area contributed by atoms with E-state index in [9.17, 15) is 14.7 Å². The van der Waals surface area contributed by atoms with Crippen molar-refractivity contribution in [2.45, 2.75) is 70.8 Å². The number of carboxylic acid groups (broad SMARTS) is 1. The predicted molar refractivity (Wildman–Crippen MR) is 82.9 cm³/mol. The van der Waals surface area contributed by atoms with Crippen LogP contribution in [-0.2, 0) is 21.4 Å². The summed E-state index contributed by atoms with van der Waals surface area (Å²) in [7, 11) is 0. The van der Waals surface area contributed by atoms with Gasteiger partial charge in [0, 0.05) is 24.8 Å². The van der Waals surface area contributed by atoms with Crippen molar-refractivity contribution in [3.05, 3.63) is 11.7 Å². The van der Waals surface area contributed by atoms with E-state index in [1.54, 1.807) is 0 Å². The average Bonchev–Trinajstić information content (AvgIpc) is 2.96. The summed E-state index contributed by atoms with van der Waals surface area (Å²) in [4.78, 5) is 29.3. The van der Waals surface area contributed by atoms with E-state index in [0.717, 1.165) is 12.8 Å². The Morgan fingerprint density at radius 3 is 2.70 bits per heavy atom. The van der Waals surface area contributed by atoms with Crippen molar-refractivity contribution in [1.82, 2.24) is 15.0 Å². The number of aliphatic carboxylic acids is 1. The zero-order chi connectivity index (χ0) is 17.0. The van der Waals surface area contributed by atoms with E-state index in [2.05, 4.69) is 10.1 Å². The molecule has 0 saturated carbocycles. The molecule has 1 aliphatic heterocycles. The van der Waals surface area contributed by atoms with E-state index in [0.29, 0.717) is 43.9 Å². The van der Waals surface area contributed by atoms with Gasteiger partial charge in [0.05, 0.1) is 0 Å². The number of carboxylic acids is 1. The van der Waals surface area contributed by atoms with Crippen LogP contribution in [0.1, 0.15) is 64.6 Å².